The molecule has 5 heteroatoms. The Labute approximate surface area is 102 Å². The van der Waals surface area contributed by atoms with E-state index in [0.29, 0.717) is 12.8 Å². The smallest absolute Gasteiger partial charge is 0.150 e. The van der Waals surface area contributed by atoms with E-state index in [-0.39, 0.29) is 17.4 Å². The molecular weight excluding hydrogens is 238 g/mol. The van der Waals surface area contributed by atoms with Gasteiger partial charge in [0.25, 0.3) is 0 Å². The van der Waals surface area contributed by atoms with Gasteiger partial charge in [-0.2, -0.15) is 0 Å². The molecule has 1 aliphatic rings. The van der Waals surface area contributed by atoms with Crippen LogP contribution in [0.1, 0.15) is 30.1 Å². The van der Waals surface area contributed by atoms with E-state index in [2.05, 4.69) is 4.98 Å². The van der Waals surface area contributed by atoms with E-state index >= 15 is 0 Å². The monoisotopic (exact) mass is 255 g/mol. The Hall–Kier alpha value is -0.940. The normalized spacial score (nSPS) is 24.7. The number of aromatic nitrogens is 1. The van der Waals surface area contributed by atoms with Crippen LogP contribution in [-0.4, -0.2) is 30.0 Å². The quantitative estimate of drug-likeness (QED) is 0.882. The number of aliphatic hydroxyl groups excluding tert-OH is 1. The highest BCUT2D eigenvalue weighted by atomic mass is 32.2. The molecule has 2 atom stereocenters. The first-order valence-electron chi connectivity index (χ1n) is 5.76. The summed E-state index contributed by atoms with van der Waals surface area (Å²) in [6, 6.07) is 1.89. The van der Waals surface area contributed by atoms with E-state index in [1.807, 2.05) is 13.0 Å². The SMILES string of the molecule is Cc1cncc(C(O)CC2CCS(=O)(=O)C2)c1. The van der Waals surface area contributed by atoms with Crippen LogP contribution in [0.2, 0.25) is 0 Å². The highest BCUT2D eigenvalue weighted by Gasteiger charge is 2.29. The zero-order valence-corrected chi connectivity index (χ0v) is 10.7. The molecule has 1 saturated heterocycles. The van der Waals surface area contributed by atoms with Crippen molar-refractivity contribution < 1.29 is 13.5 Å². The van der Waals surface area contributed by atoms with Gasteiger partial charge in [-0.15, -0.1) is 0 Å². The molecule has 17 heavy (non-hydrogen) atoms. The molecular formula is C12H17NO3S. The second-order valence-electron chi connectivity index (χ2n) is 4.82. The number of sulfone groups is 1. The minimum atomic E-state index is -2.86. The summed E-state index contributed by atoms with van der Waals surface area (Å²) < 4.78 is 22.6. The van der Waals surface area contributed by atoms with Crippen molar-refractivity contribution in [3.8, 4) is 0 Å². The second kappa shape index (κ2) is 4.74. The fourth-order valence-electron chi connectivity index (χ4n) is 2.27. The summed E-state index contributed by atoms with van der Waals surface area (Å²) in [6.45, 7) is 1.92. The third kappa shape index (κ3) is 3.26. The van der Waals surface area contributed by atoms with Gasteiger partial charge >= 0.3 is 0 Å². The Balaban J connectivity index is 2.00. The molecule has 4 nitrogen and oxygen atoms in total. The van der Waals surface area contributed by atoms with Gasteiger partial charge in [-0.25, -0.2) is 8.42 Å². The Morgan fingerprint density at radius 2 is 2.29 bits per heavy atom. The van der Waals surface area contributed by atoms with Crippen molar-refractivity contribution in [3.05, 3.63) is 29.6 Å². The molecule has 2 heterocycles. The van der Waals surface area contributed by atoms with E-state index < -0.39 is 15.9 Å². The topological polar surface area (TPSA) is 67.3 Å². The lowest BCUT2D eigenvalue weighted by Gasteiger charge is -2.14. The summed E-state index contributed by atoms with van der Waals surface area (Å²) >= 11 is 0. The van der Waals surface area contributed by atoms with Crippen LogP contribution in [0.5, 0.6) is 0 Å². The molecule has 2 unspecified atom stereocenters. The Morgan fingerprint density at radius 1 is 1.53 bits per heavy atom. The number of hydrogen-bond acceptors (Lipinski definition) is 4. The number of aliphatic hydroxyl groups is 1. The number of pyridine rings is 1. The van der Waals surface area contributed by atoms with Crippen LogP contribution >= 0.6 is 0 Å². The molecule has 0 aliphatic carbocycles. The van der Waals surface area contributed by atoms with Crippen molar-refractivity contribution in [3.63, 3.8) is 0 Å². The first-order valence-corrected chi connectivity index (χ1v) is 7.58. The van der Waals surface area contributed by atoms with Gasteiger partial charge in [0, 0.05) is 12.4 Å². The maximum atomic E-state index is 11.3. The third-order valence-electron chi connectivity index (χ3n) is 3.16. The standard InChI is InChI=1S/C12H17NO3S/c1-9-4-11(7-13-6-9)12(14)5-10-2-3-17(15,16)8-10/h4,6-7,10,12,14H,2-3,5,8H2,1H3. The minimum Gasteiger partial charge on any atom is -0.388 e. The maximum absolute atomic E-state index is 11.3. The average molecular weight is 255 g/mol. The van der Waals surface area contributed by atoms with Gasteiger partial charge in [0.1, 0.15) is 0 Å². The lowest BCUT2D eigenvalue weighted by molar-refractivity contribution is 0.148. The van der Waals surface area contributed by atoms with Crippen LogP contribution in [0.3, 0.4) is 0 Å². The number of aryl methyl sites for hydroxylation is 1. The van der Waals surface area contributed by atoms with Crippen LogP contribution in [0.4, 0.5) is 0 Å². The third-order valence-corrected chi connectivity index (χ3v) is 5.00. The molecule has 0 saturated carbocycles. The Morgan fingerprint density at radius 3 is 2.88 bits per heavy atom. The average Bonchev–Trinajstić information content (AvgIpc) is 2.58. The van der Waals surface area contributed by atoms with Gasteiger partial charge in [0.15, 0.2) is 9.84 Å². The van der Waals surface area contributed by atoms with E-state index in [4.69, 9.17) is 0 Å². The van der Waals surface area contributed by atoms with Gasteiger partial charge in [-0.1, -0.05) is 6.07 Å². The number of hydrogen-bond donors (Lipinski definition) is 1. The van der Waals surface area contributed by atoms with E-state index in [0.717, 1.165) is 11.1 Å². The largest absolute Gasteiger partial charge is 0.388 e. The molecule has 0 aromatic carbocycles. The minimum absolute atomic E-state index is 0.0792. The molecule has 0 spiro atoms. The Bertz CT molecular complexity index is 498. The molecule has 1 fully saturated rings. The molecule has 2 rings (SSSR count). The summed E-state index contributed by atoms with van der Waals surface area (Å²) in [7, 11) is -2.86. The van der Waals surface area contributed by atoms with E-state index in [9.17, 15) is 13.5 Å². The van der Waals surface area contributed by atoms with Gasteiger partial charge in [-0.3, -0.25) is 4.98 Å². The molecule has 1 N–H and O–H groups in total. The molecule has 1 aromatic rings. The summed E-state index contributed by atoms with van der Waals surface area (Å²) in [5, 5.41) is 10.0. The molecule has 94 valence electrons. The van der Waals surface area contributed by atoms with Crippen molar-refractivity contribution in [2.75, 3.05) is 11.5 Å². The molecule has 1 aromatic heterocycles. The van der Waals surface area contributed by atoms with Crippen molar-refractivity contribution in [2.45, 2.75) is 25.9 Å². The first-order chi connectivity index (χ1) is 7.96. The van der Waals surface area contributed by atoms with Crippen molar-refractivity contribution >= 4 is 9.84 Å². The first kappa shape index (κ1) is 12.5. The van der Waals surface area contributed by atoms with Crippen LogP contribution in [-0.2, 0) is 9.84 Å². The van der Waals surface area contributed by atoms with Crippen molar-refractivity contribution in [2.24, 2.45) is 5.92 Å². The lowest BCUT2D eigenvalue weighted by atomic mass is 9.97. The maximum Gasteiger partial charge on any atom is 0.150 e. The highest BCUT2D eigenvalue weighted by molar-refractivity contribution is 7.91. The fraction of sp³-hybridized carbons (Fsp3) is 0.583. The Kier molecular flexibility index (Phi) is 3.49. The van der Waals surface area contributed by atoms with Crippen LogP contribution in [0, 0.1) is 12.8 Å². The second-order valence-corrected chi connectivity index (χ2v) is 7.04. The van der Waals surface area contributed by atoms with Gasteiger partial charge < -0.3 is 5.11 Å². The van der Waals surface area contributed by atoms with Gasteiger partial charge in [-0.05, 0) is 36.8 Å². The van der Waals surface area contributed by atoms with Gasteiger partial charge in [0.2, 0.25) is 0 Å². The van der Waals surface area contributed by atoms with Crippen molar-refractivity contribution in [1.82, 2.24) is 4.98 Å². The highest BCUT2D eigenvalue weighted by Crippen LogP contribution is 2.28. The zero-order chi connectivity index (χ0) is 12.5. The number of rotatable bonds is 3. The summed E-state index contributed by atoms with van der Waals surface area (Å²) in [5.41, 5.74) is 1.77. The molecule has 0 radical (unpaired) electrons. The van der Waals surface area contributed by atoms with Gasteiger partial charge in [0.05, 0.1) is 17.6 Å². The van der Waals surface area contributed by atoms with Crippen LogP contribution in [0.15, 0.2) is 18.5 Å². The zero-order valence-electron chi connectivity index (χ0n) is 9.83. The summed E-state index contributed by atoms with van der Waals surface area (Å²) in [5.74, 6) is 0.551. The molecule has 0 amide bonds. The van der Waals surface area contributed by atoms with Crippen LogP contribution < -0.4 is 0 Å². The summed E-state index contributed by atoms with van der Waals surface area (Å²) in [6.07, 6.45) is 3.93. The predicted octanol–water partition coefficient (Wildman–Crippen LogP) is 1.25. The molecule has 1 aliphatic heterocycles. The number of nitrogens with zero attached hydrogens (tertiary/aromatic N) is 1. The molecule has 0 bridgehead atoms. The van der Waals surface area contributed by atoms with E-state index in [1.54, 1.807) is 12.4 Å². The summed E-state index contributed by atoms with van der Waals surface area (Å²) in [4.78, 5) is 4.03. The fourth-order valence-corrected chi connectivity index (χ4v) is 4.15. The van der Waals surface area contributed by atoms with Crippen molar-refractivity contribution in [1.29, 1.82) is 0 Å². The van der Waals surface area contributed by atoms with Crippen LogP contribution in [0.25, 0.3) is 0 Å². The van der Waals surface area contributed by atoms with E-state index in [1.165, 1.54) is 0 Å². The lowest BCUT2D eigenvalue weighted by Crippen LogP contribution is -2.10. The predicted molar refractivity (Wildman–Crippen MR) is 65.3 cm³/mol.